The summed E-state index contributed by atoms with van der Waals surface area (Å²) in [4.78, 5) is 15.8. The van der Waals surface area contributed by atoms with E-state index in [1.165, 1.54) is 0 Å². The number of carbonyl (C=O) groups excluding carboxylic acids is 1. The Balaban J connectivity index is 2.21. The molecule has 88 valence electrons. The lowest BCUT2D eigenvalue weighted by Gasteiger charge is -2.07. The third-order valence-electron chi connectivity index (χ3n) is 2.42. The van der Waals surface area contributed by atoms with Crippen LogP contribution in [-0.2, 0) is 4.74 Å². The lowest BCUT2D eigenvalue weighted by atomic mass is 10.1. The van der Waals surface area contributed by atoms with Crippen LogP contribution in [-0.4, -0.2) is 17.6 Å². The number of benzene rings is 1. The molecule has 3 heteroatoms. The topological polar surface area (TPSA) is 39.2 Å². The van der Waals surface area contributed by atoms with Crippen molar-refractivity contribution in [1.82, 2.24) is 4.98 Å². The smallest absolute Gasteiger partial charge is 0.338 e. The highest BCUT2D eigenvalue weighted by Gasteiger charge is 2.08. The molecule has 0 aliphatic heterocycles. The van der Waals surface area contributed by atoms with E-state index in [9.17, 15) is 4.79 Å². The average Bonchev–Trinajstić information content (AvgIpc) is 2.35. The number of fused-ring (bicyclic) bond motifs is 1. The van der Waals surface area contributed by atoms with Crippen molar-refractivity contribution in [2.24, 2.45) is 5.92 Å². The first-order valence-electron chi connectivity index (χ1n) is 5.67. The Kier molecular flexibility index (Phi) is 3.38. The van der Waals surface area contributed by atoms with Crippen LogP contribution >= 0.6 is 0 Å². The normalized spacial score (nSPS) is 10.8. The molecule has 0 aliphatic carbocycles. The molecule has 0 spiro atoms. The number of ether oxygens (including phenoxy) is 1. The van der Waals surface area contributed by atoms with Crippen molar-refractivity contribution in [2.45, 2.75) is 13.8 Å². The lowest BCUT2D eigenvalue weighted by Crippen LogP contribution is -2.10. The molecule has 0 bridgehead atoms. The molecule has 0 saturated heterocycles. The molecule has 1 heterocycles. The molecule has 0 saturated carbocycles. The third-order valence-corrected chi connectivity index (χ3v) is 2.42. The van der Waals surface area contributed by atoms with Crippen molar-refractivity contribution in [3.05, 3.63) is 42.2 Å². The summed E-state index contributed by atoms with van der Waals surface area (Å²) in [5.41, 5.74) is 0.575. The molecule has 2 rings (SSSR count). The van der Waals surface area contributed by atoms with Gasteiger partial charge in [-0.1, -0.05) is 19.9 Å². The standard InChI is InChI=1S/C14H15NO2/c1-10(2)9-17-14(16)12-4-3-11-5-6-15-8-13(11)7-12/h3-8,10H,9H2,1-2H3. The highest BCUT2D eigenvalue weighted by Crippen LogP contribution is 2.15. The van der Waals surface area contributed by atoms with E-state index < -0.39 is 0 Å². The molecule has 3 nitrogen and oxygen atoms in total. The van der Waals surface area contributed by atoms with Crippen molar-refractivity contribution in [1.29, 1.82) is 0 Å². The van der Waals surface area contributed by atoms with Gasteiger partial charge in [-0.2, -0.15) is 0 Å². The minimum Gasteiger partial charge on any atom is -0.462 e. The summed E-state index contributed by atoms with van der Waals surface area (Å²) < 4.78 is 5.18. The molecule has 0 fully saturated rings. The number of nitrogens with zero attached hydrogens (tertiary/aromatic N) is 1. The van der Waals surface area contributed by atoms with Gasteiger partial charge in [0.05, 0.1) is 12.2 Å². The monoisotopic (exact) mass is 229 g/mol. The first-order chi connectivity index (χ1) is 8.16. The van der Waals surface area contributed by atoms with Crippen LogP contribution in [0.5, 0.6) is 0 Å². The average molecular weight is 229 g/mol. The second-order valence-corrected chi connectivity index (χ2v) is 4.43. The molecule has 17 heavy (non-hydrogen) atoms. The van der Waals surface area contributed by atoms with E-state index in [-0.39, 0.29) is 5.97 Å². The van der Waals surface area contributed by atoms with Crippen LogP contribution in [0.1, 0.15) is 24.2 Å². The number of pyridine rings is 1. The summed E-state index contributed by atoms with van der Waals surface area (Å²) in [7, 11) is 0. The molecule has 0 N–H and O–H groups in total. The van der Waals surface area contributed by atoms with Gasteiger partial charge in [0.1, 0.15) is 0 Å². The Morgan fingerprint density at radius 3 is 2.88 bits per heavy atom. The number of rotatable bonds is 3. The van der Waals surface area contributed by atoms with Crippen molar-refractivity contribution in [2.75, 3.05) is 6.61 Å². The van der Waals surface area contributed by atoms with Gasteiger partial charge in [0.15, 0.2) is 0 Å². The molecule has 0 radical (unpaired) electrons. The zero-order valence-corrected chi connectivity index (χ0v) is 10.0. The highest BCUT2D eigenvalue weighted by atomic mass is 16.5. The van der Waals surface area contributed by atoms with Crippen LogP contribution in [0.2, 0.25) is 0 Å². The highest BCUT2D eigenvalue weighted by molar-refractivity contribution is 5.95. The van der Waals surface area contributed by atoms with Crippen molar-refractivity contribution in [3.8, 4) is 0 Å². The van der Waals surface area contributed by atoms with Crippen LogP contribution < -0.4 is 0 Å². The molecule has 0 amide bonds. The summed E-state index contributed by atoms with van der Waals surface area (Å²) in [6.07, 6.45) is 3.48. The third kappa shape index (κ3) is 2.81. The Hall–Kier alpha value is -1.90. The minimum absolute atomic E-state index is 0.274. The first-order valence-corrected chi connectivity index (χ1v) is 5.67. The summed E-state index contributed by atoms with van der Waals surface area (Å²) in [6.45, 7) is 4.47. The van der Waals surface area contributed by atoms with Crippen molar-refractivity contribution >= 4 is 16.7 Å². The Bertz CT molecular complexity index is 534. The predicted octanol–water partition coefficient (Wildman–Crippen LogP) is 3.05. The van der Waals surface area contributed by atoms with Crippen LogP contribution in [0.25, 0.3) is 10.8 Å². The summed E-state index contributed by atoms with van der Waals surface area (Å²) >= 11 is 0. The Labute approximate surface area is 100 Å². The maximum atomic E-state index is 11.8. The predicted molar refractivity (Wildman–Crippen MR) is 66.9 cm³/mol. The van der Waals surface area contributed by atoms with E-state index in [2.05, 4.69) is 4.98 Å². The van der Waals surface area contributed by atoms with E-state index in [1.54, 1.807) is 18.5 Å². The fraction of sp³-hybridized carbons (Fsp3) is 0.286. The fourth-order valence-electron chi connectivity index (χ4n) is 1.54. The number of hydrogen-bond acceptors (Lipinski definition) is 3. The van der Waals surface area contributed by atoms with Gasteiger partial charge >= 0.3 is 5.97 Å². The van der Waals surface area contributed by atoms with Gasteiger partial charge in [0.25, 0.3) is 0 Å². The van der Waals surface area contributed by atoms with E-state index in [0.29, 0.717) is 18.1 Å². The van der Waals surface area contributed by atoms with Gasteiger partial charge in [-0.05, 0) is 29.5 Å². The molecule has 0 unspecified atom stereocenters. The van der Waals surface area contributed by atoms with Crippen LogP contribution in [0.4, 0.5) is 0 Å². The van der Waals surface area contributed by atoms with E-state index in [0.717, 1.165) is 10.8 Å². The quantitative estimate of drug-likeness (QED) is 0.759. The SMILES string of the molecule is CC(C)COC(=O)c1ccc2ccncc2c1. The molecular weight excluding hydrogens is 214 g/mol. The van der Waals surface area contributed by atoms with Crippen LogP contribution in [0.15, 0.2) is 36.7 Å². The number of hydrogen-bond donors (Lipinski definition) is 0. The maximum absolute atomic E-state index is 11.8. The molecule has 2 aromatic rings. The molecular formula is C14H15NO2. The first kappa shape index (κ1) is 11.6. The van der Waals surface area contributed by atoms with E-state index >= 15 is 0 Å². The summed E-state index contributed by atoms with van der Waals surface area (Å²) in [5, 5.41) is 2.02. The number of aromatic nitrogens is 1. The molecule has 0 atom stereocenters. The summed E-state index contributed by atoms with van der Waals surface area (Å²) in [6, 6.07) is 7.41. The largest absolute Gasteiger partial charge is 0.462 e. The zero-order chi connectivity index (χ0) is 12.3. The van der Waals surface area contributed by atoms with Crippen molar-refractivity contribution < 1.29 is 9.53 Å². The van der Waals surface area contributed by atoms with Gasteiger partial charge in [-0.3, -0.25) is 4.98 Å². The van der Waals surface area contributed by atoms with Gasteiger partial charge in [-0.25, -0.2) is 4.79 Å². The zero-order valence-electron chi connectivity index (χ0n) is 10.0. The second kappa shape index (κ2) is 4.95. The maximum Gasteiger partial charge on any atom is 0.338 e. The van der Waals surface area contributed by atoms with Gasteiger partial charge in [-0.15, -0.1) is 0 Å². The molecule has 0 aliphatic rings. The van der Waals surface area contributed by atoms with E-state index in [1.807, 2.05) is 32.0 Å². The van der Waals surface area contributed by atoms with Crippen LogP contribution in [0, 0.1) is 5.92 Å². The lowest BCUT2D eigenvalue weighted by molar-refractivity contribution is 0.0459. The summed E-state index contributed by atoms with van der Waals surface area (Å²) in [5.74, 6) is 0.0746. The van der Waals surface area contributed by atoms with E-state index in [4.69, 9.17) is 4.74 Å². The number of esters is 1. The Morgan fingerprint density at radius 1 is 1.29 bits per heavy atom. The van der Waals surface area contributed by atoms with Crippen LogP contribution in [0.3, 0.4) is 0 Å². The fourth-order valence-corrected chi connectivity index (χ4v) is 1.54. The van der Waals surface area contributed by atoms with Gasteiger partial charge < -0.3 is 4.74 Å². The molecule has 1 aromatic heterocycles. The van der Waals surface area contributed by atoms with Gasteiger partial charge in [0.2, 0.25) is 0 Å². The molecule has 1 aromatic carbocycles. The van der Waals surface area contributed by atoms with Crippen molar-refractivity contribution in [3.63, 3.8) is 0 Å². The Morgan fingerprint density at radius 2 is 2.12 bits per heavy atom. The second-order valence-electron chi connectivity index (χ2n) is 4.43. The van der Waals surface area contributed by atoms with Gasteiger partial charge in [0, 0.05) is 17.8 Å². The number of carbonyl (C=O) groups is 1. The minimum atomic E-state index is -0.274.